The van der Waals surface area contributed by atoms with Gasteiger partial charge >= 0.3 is 0 Å². The van der Waals surface area contributed by atoms with Crippen molar-refractivity contribution in [3.63, 3.8) is 0 Å². The minimum Gasteiger partial charge on any atom is -0.491 e. The Balaban J connectivity index is 2.05. The molecule has 0 fully saturated rings. The summed E-state index contributed by atoms with van der Waals surface area (Å²) in [6.45, 7) is 2.03. The van der Waals surface area contributed by atoms with E-state index in [2.05, 4.69) is 10.1 Å². The second-order valence-electron chi connectivity index (χ2n) is 6.54. The molecule has 1 aliphatic rings. The quantitative estimate of drug-likeness (QED) is 0.588. The summed E-state index contributed by atoms with van der Waals surface area (Å²) >= 11 is 1.05. The molecule has 1 aliphatic carbocycles. The highest BCUT2D eigenvalue weighted by Crippen LogP contribution is 2.40. The molecule has 3 N–H and O–H groups in total. The number of hydrogen-bond acceptors (Lipinski definition) is 4. The van der Waals surface area contributed by atoms with Gasteiger partial charge in [0.1, 0.15) is 10.6 Å². The number of halogens is 4. The zero-order valence-electron chi connectivity index (χ0n) is 14.9. The lowest BCUT2D eigenvalue weighted by Crippen LogP contribution is -2.21. The van der Waals surface area contributed by atoms with Crippen LogP contribution in [0.25, 0.3) is 0 Å². The molecule has 0 unspecified atom stereocenters. The van der Waals surface area contributed by atoms with Crippen LogP contribution in [0.3, 0.4) is 0 Å². The molecule has 0 saturated carbocycles. The monoisotopic (exact) mass is 416 g/mol. The second kappa shape index (κ2) is 7.42. The second-order valence-corrected chi connectivity index (χ2v) is 7.64. The Morgan fingerprint density at radius 3 is 2.25 bits per heavy atom. The molecule has 0 saturated heterocycles. The Morgan fingerprint density at radius 1 is 1.11 bits per heavy atom. The largest absolute Gasteiger partial charge is 0.491 e. The van der Waals surface area contributed by atoms with Gasteiger partial charge in [-0.25, -0.2) is 8.78 Å². The van der Waals surface area contributed by atoms with Crippen LogP contribution < -0.4 is 15.8 Å². The van der Waals surface area contributed by atoms with Crippen molar-refractivity contribution in [2.24, 2.45) is 11.7 Å². The third-order valence-corrected chi connectivity index (χ3v) is 5.81. The Morgan fingerprint density at radius 2 is 1.71 bits per heavy atom. The van der Waals surface area contributed by atoms with Crippen LogP contribution in [0.2, 0.25) is 0 Å². The number of carbonyl (C=O) groups is 2. The lowest BCUT2D eigenvalue weighted by molar-refractivity contribution is 0.1000. The van der Waals surface area contributed by atoms with Crippen molar-refractivity contribution in [1.82, 2.24) is 0 Å². The molecule has 10 heteroatoms. The zero-order valence-corrected chi connectivity index (χ0v) is 15.7. The first-order chi connectivity index (χ1) is 13.2. The molecule has 0 spiro atoms. The number of carbonyl (C=O) groups excluding carboxylic acids is 2. The van der Waals surface area contributed by atoms with Gasteiger partial charge in [-0.15, -0.1) is 11.3 Å². The van der Waals surface area contributed by atoms with Gasteiger partial charge < -0.3 is 15.8 Å². The number of amides is 2. The smallest absolute Gasteiger partial charge is 0.262 e. The highest BCUT2D eigenvalue weighted by molar-refractivity contribution is 7.17. The van der Waals surface area contributed by atoms with Crippen LogP contribution >= 0.6 is 11.3 Å². The zero-order chi connectivity index (χ0) is 20.7. The van der Waals surface area contributed by atoms with Crippen LogP contribution in [0.5, 0.6) is 5.75 Å². The summed E-state index contributed by atoms with van der Waals surface area (Å²) in [5.41, 5.74) is 4.69. The SMILES string of the molecule is COc1c(F)c(F)c(C(=O)Nc2sc3c(c2C(N)=O)CC[C@H](C)C3)c(F)c1F. The van der Waals surface area contributed by atoms with Crippen molar-refractivity contribution in [2.45, 2.75) is 26.2 Å². The van der Waals surface area contributed by atoms with Gasteiger partial charge in [0.15, 0.2) is 17.4 Å². The first kappa shape index (κ1) is 20.1. The normalized spacial score (nSPS) is 15.9. The van der Waals surface area contributed by atoms with E-state index in [0.29, 0.717) is 24.3 Å². The molecule has 2 amide bonds. The van der Waals surface area contributed by atoms with E-state index in [1.165, 1.54) is 0 Å². The minimum absolute atomic E-state index is 0.00738. The van der Waals surface area contributed by atoms with E-state index in [-0.39, 0.29) is 10.6 Å². The standard InChI is InChI=1S/C18H16F4N2O3S/c1-6-3-4-7-8(5-6)28-18(9(7)16(23)25)24-17(26)10-11(19)13(21)15(27-2)14(22)12(10)20/h6H,3-5H2,1-2H3,(H2,23,25)(H,24,26)/t6-/m0/s1. The van der Waals surface area contributed by atoms with Crippen molar-refractivity contribution in [1.29, 1.82) is 0 Å². The topological polar surface area (TPSA) is 81.4 Å². The summed E-state index contributed by atoms with van der Waals surface area (Å²) in [6, 6.07) is 0. The Hall–Kier alpha value is -2.62. The average Bonchev–Trinajstić information content (AvgIpc) is 2.97. The first-order valence-electron chi connectivity index (χ1n) is 8.32. The fraction of sp³-hybridized carbons (Fsp3) is 0.333. The van der Waals surface area contributed by atoms with Crippen LogP contribution in [-0.4, -0.2) is 18.9 Å². The van der Waals surface area contributed by atoms with Gasteiger partial charge in [-0.05, 0) is 30.7 Å². The van der Waals surface area contributed by atoms with Crippen molar-refractivity contribution in [3.8, 4) is 5.75 Å². The number of thiophene rings is 1. The van der Waals surface area contributed by atoms with Crippen molar-refractivity contribution >= 4 is 28.2 Å². The number of ether oxygens (including phenoxy) is 1. The van der Waals surface area contributed by atoms with E-state index in [4.69, 9.17) is 5.73 Å². The van der Waals surface area contributed by atoms with Crippen LogP contribution in [0.4, 0.5) is 22.6 Å². The van der Waals surface area contributed by atoms with E-state index < -0.39 is 46.4 Å². The number of nitrogens with one attached hydrogen (secondary N) is 1. The number of primary amides is 1. The maximum atomic E-state index is 14.2. The van der Waals surface area contributed by atoms with Crippen LogP contribution in [0, 0.1) is 29.2 Å². The maximum absolute atomic E-state index is 14.2. The Kier molecular flexibility index (Phi) is 5.33. The van der Waals surface area contributed by atoms with Gasteiger partial charge in [-0.1, -0.05) is 6.92 Å². The molecule has 28 heavy (non-hydrogen) atoms. The molecule has 0 bridgehead atoms. The number of hydrogen-bond donors (Lipinski definition) is 2. The van der Waals surface area contributed by atoms with E-state index in [1.54, 1.807) is 0 Å². The predicted molar refractivity (Wildman–Crippen MR) is 94.8 cm³/mol. The van der Waals surface area contributed by atoms with Crippen LogP contribution in [0.1, 0.15) is 44.5 Å². The summed E-state index contributed by atoms with van der Waals surface area (Å²) in [4.78, 5) is 25.1. The molecule has 5 nitrogen and oxygen atoms in total. The summed E-state index contributed by atoms with van der Waals surface area (Å²) in [6.07, 6.45) is 2.04. The third kappa shape index (κ3) is 3.21. The van der Waals surface area contributed by atoms with Gasteiger partial charge in [0, 0.05) is 4.88 Å². The third-order valence-electron chi connectivity index (χ3n) is 4.64. The number of benzene rings is 1. The van der Waals surface area contributed by atoms with E-state index in [0.717, 1.165) is 29.7 Å². The maximum Gasteiger partial charge on any atom is 0.262 e. The molecule has 1 aromatic heterocycles. The van der Waals surface area contributed by atoms with Gasteiger partial charge in [0.25, 0.3) is 11.8 Å². The van der Waals surface area contributed by atoms with E-state index in [9.17, 15) is 27.2 Å². The minimum atomic E-state index is -1.90. The molecule has 150 valence electrons. The Labute approximate surface area is 161 Å². The van der Waals surface area contributed by atoms with Gasteiger partial charge in [-0.3, -0.25) is 9.59 Å². The molecule has 0 radical (unpaired) electrons. The molecule has 1 heterocycles. The fourth-order valence-electron chi connectivity index (χ4n) is 3.26. The van der Waals surface area contributed by atoms with Crippen molar-refractivity contribution in [3.05, 3.63) is 44.8 Å². The number of fused-ring (bicyclic) bond motifs is 1. The molecule has 2 aromatic rings. The average molecular weight is 416 g/mol. The summed E-state index contributed by atoms with van der Waals surface area (Å²) < 4.78 is 60.4. The predicted octanol–water partition coefficient (Wildman–Crippen LogP) is 3.79. The number of nitrogens with two attached hydrogens (primary N) is 1. The van der Waals surface area contributed by atoms with Gasteiger partial charge in [-0.2, -0.15) is 8.78 Å². The highest BCUT2D eigenvalue weighted by Gasteiger charge is 2.32. The lowest BCUT2D eigenvalue weighted by atomic mass is 9.88. The van der Waals surface area contributed by atoms with E-state index in [1.807, 2.05) is 6.92 Å². The molecule has 3 rings (SSSR count). The molecular formula is C18H16F4N2O3S. The molecule has 1 atom stereocenters. The molecule has 1 aromatic carbocycles. The summed E-state index contributed by atoms with van der Waals surface area (Å²) in [5, 5.41) is 2.17. The van der Waals surface area contributed by atoms with Gasteiger partial charge in [0.2, 0.25) is 11.6 Å². The molecule has 0 aliphatic heterocycles. The Bertz CT molecular complexity index is 961. The van der Waals surface area contributed by atoms with E-state index >= 15 is 0 Å². The number of rotatable bonds is 4. The molecular weight excluding hydrogens is 400 g/mol. The number of anilines is 1. The first-order valence-corrected chi connectivity index (χ1v) is 9.14. The lowest BCUT2D eigenvalue weighted by Gasteiger charge is -2.18. The fourth-order valence-corrected chi connectivity index (χ4v) is 4.67. The highest BCUT2D eigenvalue weighted by atomic mass is 32.1. The van der Waals surface area contributed by atoms with Crippen molar-refractivity contribution < 1.29 is 31.9 Å². The van der Waals surface area contributed by atoms with Crippen molar-refractivity contribution in [2.75, 3.05) is 12.4 Å². The van der Waals surface area contributed by atoms with Gasteiger partial charge in [0.05, 0.1) is 12.7 Å². The van der Waals surface area contributed by atoms with Crippen LogP contribution in [0.15, 0.2) is 0 Å². The summed E-state index contributed by atoms with van der Waals surface area (Å²) in [5.74, 6) is -10.6. The number of methoxy groups -OCH3 is 1. The summed E-state index contributed by atoms with van der Waals surface area (Å²) in [7, 11) is 0.830. The van der Waals surface area contributed by atoms with Crippen LogP contribution in [-0.2, 0) is 12.8 Å².